The third kappa shape index (κ3) is 1.99. The Morgan fingerprint density at radius 1 is 1.44 bits per heavy atom. The molecule has 0 amide bonds. The summed E-state index contributed by atoms with van der Waals surface area (Å²) >= 11 is 0. The largest absolute Gasteiger partial charge is 0.489 e. The van der Waals surface area contributed by atoms with Gasteiger partial charge < -0.3 is 15.8 Å². The van der Waals surface area contributed by atoms with Crippen molar-refractivity contribution >= 4 is 16.6 Å². The van der Waals surface area contributed by atoms with Gasteiger partial charge in [0.2, 0.25) is 0 Å². The molecule has 2 aromatic rings. The molecule has 0 radical (unpaired) electrons. The van der Waals surface area contributed by atoms with Crippen LogP contribution >= 0.6 is 0 Å². The van der Waals surface area contributed by atoms with Crippen LogP contribution in [0.25, 0.3) is 10.8 Å². The fourth-order valence-corrected chi connectivity index (χ4v) is 2.37. The molecule has 4 nitrogen and oxygen atoms in total. The molecule has 0 aliphatic carbocycles. The Bertz CT molecular complexity index is 577. The van der Waals surface area contributed by atoms with E-state index in [4.69, 9.17) is 10.5 Å². The van der Waals surface area contributed by atoms with Crippen molar-refractivity contribution in [3.05, 3.63) is 30.0 Å². The highest BCUT2D eigenvalue weighted by molar-refractivity contribution is 5.92. The van der Waals surface area contributed by atoms with E-state index < -0.39 is 0 Å². The summed E-state index contributed by atoms with van der Waals surface area (Å²) in [6, 6.07) is 6.07. The number of aryl methyl sites for hydroxylation is 1. The second-order valence-corrected chi connectivity index (χ2v) is 4.77. The zero-order chi connectivity index (χ0) is 12.5. The minimum absolute atomic E-state index is 0.278. The molecule has 18 heavy (non-hydrogen) atoms. The first-order chi connectivity index (χ1) is 8.74. The molecule has 1 fully saturated rings. The predicted octanol–water partition coefficient (Wildman–Crippen LogP) is 1.87. The third-order valence-corrected chi connectivity index (χ3v) is 3.40. The molecule has 1 atom stereocenters. The van der Waals surface area contributed by atoms with Gasteiger partial charge in [0.25, 0.3) is 0 Å². The summed E-state index contributed by atoms with van der Waals surface area (Å²) in [7, 11) is 0. The summed E-state index contributed by atoms with van der Waals surface area (Å²) in [6.45, 7) is 4.01. The Hall–Kier alpha value is -1.81. The van der Waals surface area contributed by atoms with Crippen LogP contribution in [0.15, 0.2) is 24.4 Å². The second kappa shape index (κ2) is 4.46. The van der Waals surface area contributed by atoms with Crippen LogP contribution in [0.4, 0.5) is 5.82 Å². The monoisotopic (exact) mass is 243 g/mol. The molecular weight excluding hydrogens is 226 g/mol. The lowest BCUT2D eigenvalue weighted by Gasteiger charge is -2.15. The quantitative estimate of drug-likeness (QED) is 0.845. The van der Waals surface area contributed by atoms with E-state index in [1.165, 1.54) is 0 Å². The van der Waals surface area contributed by atoms with Crippen molar-refractivity contribution in [1.29, 1.82) is 0 Å². The van der Waals surface area contributed by atoms with E-state index in [0.29, 0.717) is 5.82 Å². The minimum Gasteiger partial charge on any atom is -0.489 e. The number of anilines is 1. The summed E-state index contributed by atoms with van der Waals surface area (Å²) < 4.78 is 6.03. The fourth-order valence-electron chi connectivity index (χ4n) is 2.37. The number of nitrogens with two attached hydrogens (primary N) is 1. The maximum absolute atomic E-state index is 6.03. The van der Waals surface area contributed by atoms with Gasteiger partial charge in [0.15, 0.2) is 0 Å². The Morgan fingerprint density at radius 3 is 3.11 bits per heavy atom. The van der Waals surface area contributed by atoms with Crippen LogP contribution in [0.3, 0.4) is 0 Å². The molecule has 94 valence electrons. The lowest BCUT2D eigenvalue weighted by Crippen LogP contribution is -2.19. The van der Waals surface area contributed by atoms with Crippen LogP contribution in [-0.4, -0.2) is 24.2 Å². The number of ether oxygens (including phenoxy) is 1. The van der Waals surface area contributed by atoms with E-state index in [1.54, 1.807) is 6.20 Å². The van der Waals surface area contributed by atoms with E-state index >= 15 is 0 Å². The van der Waals surface area contributed by atoms with Gasteiger partial charge >= 0.3 is 0 Å². The SMILES string of the molecule is Cc1cc2c(N)nccc2cc1O[C@@H]1CCNC1. The maximum atomic E-state index is 6.03. The summed E-state index contributed by atoms with van der Waals surface area (Å²) in [5.74, 6) is 1.52. The molecule has 1 aromatic carbocycles. The van der Waals surface area contributed by atoms with Gasteiger partial charge in [0.05, 0.1) is 0 Å². The molecule has 1 aliphatic heterocycles. The number of pyridine rings is 1. The number of hydrogen-bond donors (Lipinski definition) is 2. The van der Waals surface area contributed by atoms with Crippen molar-refractivity contribution in [2.75, 3.05) is 18.8 Å². The van der Waals surface area contributed by atoms with Gasteiger partial charge in [-0.05, 0) is 49.0 Å². The van der Waals surface area contributed by atoms with Crippen LogP contribution < -0.4 is 15.8 Å². The molecule has 0 unspecified atom stereocenters. The number of benzene rings is 1. The number of rotatable bonds is 2. The number of nitrogens with zero attached hydrogens (tertiary/aromatic N) is 1. The highest BCUT2D eigenvalue weighted by Gasteiger charge is 2.17. The first-order valence-corrected chi connectivity index (χ1v) is 6.26. The number of nitrogen functional groups attached to an aromatic ring is 1. The van der Waals surface area contributed by atoms with Crippen LogP contribution in [0, 0.1) is 6.92 Å². The molecular formula is C14H17N3O. The minimum atomic E-state index is 0.278. The predicted molar refractivity (Wildman–Crippen MR) is 72.8 cm³/mol. The van der Waals surface area contributed by atoms with E-state index in [-0.39, 0.29) is 6.10 Å². The fraction of sp³-hybridized carbons (Fsp3) is 0.357. The van der Waals surface area contributed by atoms with E-state index in [1.807, 2.05) is 13.0 Å². The van der Waals surface area contributed by atoms with Crippen LogP contribution in [-0.2, 0) is 0 Å². The van der Waals surface area contributed by atoms with Gasteiger partial charge in [-0.25, -0.2) is 4.98 Å². The average molecular weight is 243 g/mol. The normalized spacial score (nSPS) is 19.3. The molecule has 2 heterocycles. The molecule has 0 saturated carbocycles. The Balaban J connectivity index is 1.99. The zero-order valence-corrected chi connectivity index (χ0v) is 10.4. The topological polar surface area (TPSA) is 60.2 Å². The Morgan fingerprint density at radius 2 is 2.33 bits per heavy atom. The number of aromatic nitrogens is 1. The Kier molecular flexibility index (Phi) is 2.80. The number of fused-ring (bicyclic) bond motifs is 1. The number of nitrogens with one attached hydrogen (secondary N) is 1. The third-order valence-electron chi connectivity index (χ3n) is 3.40. The first-order valence-electron chi connectivity index (χ1n) is 6.26. The maximum Gasteiger partial charge on any atom is 0.131 e. The molecule has 1 aromatic heterocycles. The summed E-state index contributed by atoms with van der Waals surface area (Å²) in [5, 5.41) is 5.37. The van der Waals surface area contributed by atoms with E-state index in [2.05, 4.69) is 22.4 Å². The molecule has 0 bridgehead atoms. The van der Waals surface area contributed by atoms with Gasteiger partial charge in [-0.1, -0.05) is 0 Å². The first kappa shape index (κ1) is 11.3. The van der Waals surface area contributed by atoms with Crippen molar-refractivity contribution in [1.82, 2.24) is 10.3 Å². The highest BCUT2D eigenvalue weighted by atomic mass is 16.5. The second-order valence-electron chi connectivity index (χ2n) is 4.77. The lowest BCUT2D eigenvalue weighted by molar-refractivity contribution is 0.222. The molecule has 4 heteroatoms. The van der Waals surface area contributed by atoms with Gasteiger partial charge in [-0.15, -0.1) is 0 Å². The van der Waals surface area contributed by atoms with Gasteiger partial charge in [-0.2, -0.15) is 0 Å². The van der Waals surface area contributed by atoms with Crippen molar-refractivity contribution in [3.8, 4) is 5.75 Å². The molecule has 3 rings (SSSR count). The molecule has 0 spiro atoms. The van der Waals surface area contributed by atoms with Crippen molar-refractivity contribution in [2.24, 2.45) is 0 Å². The Labute approximate surface area is 106 Å². The van der Waals surface area contributed by atoms with E-state index in [9.17, 15) is 0 Å². The summed E-state index contributed by atoms with van der Waals surface area (Å²) in [4.78, 5) is 4.11. The zero-order valence-electron chi connectivity index (χ0n) is 10.4. The summed E-state index contributed by atoms with van der Waals surface area (Å²) in [6.07, 6.45) is 3.07. The molecule has 3 N–H and O–H groups in total. The summed E-state index contributed by atoms with van der Waals surface area (Å²) in [5.41, 5.74) is 6.98. The van der Waals surface area contributed by atoms with Crippen LogP contribution in [0.5, 0.6) is 5.75 Å². The van der Waals surface area contributed by atoms with Gasteiger partial charge in [-0.3, -0.25) is 0 Å². The van der Waals surface area contributed by atoms with Gasteiger partial charge in [0, 0.05) is 18.1 Å². The molecule has 1 aliphatic rings. The lowest BCUT2D eigenvalue weighted by atomic mass is 10.1. The van der Waals surface area contributed by atoms with Crippen molar-refractivity contribution < 1.29 is 4.74 Å². The number of hydrogen-bond acceptors (Lipinski definition) is 4. The van der Waals surface area contributed by atoms with Crippen molar-refractivity contribution in [3.63, 3.8) is 0 Å². The van der Waals surface area contributed by atoms with Gasteiger partial charge in [0.1, 0.15) is 17.7 Å². The highest BCUT2D eigenvalue weighted by Crippen LogP contribution is 2.29. The standard InChI is InChI=1S/C14H17N3O/c1-9-6-12-10(2-5-17-14(12)15)7-13(9)18-11-3-4-16-8-11/h2,5-7,11,16H,3-4,8H2,1H3,(H2,15,17)/t11-/m1/s1. The van der Waals surface area contributed by atoms with E-state index in [0.717, 1.165) is 41.6 Å². The smallest absolute Gasteiger partial charge is 0.131 e. The van der Waals surface area contributed by atoms with Crippen LogP contribution in [0.2, 0.25) is 0 Å². The van der Waals surface area contributed by atoms with Crippen molar-refractivity contribution in [2.45, 2.75) is 19.4 Å². The molecule has 1 saturated heterocycles. The van der Waals surface area contributed by atoms with Crippen LogP contribution in [0.1, 0.15) is 12.0 Å². The average Bonchev–Trinajstić information content (AvgIpc) is 2.84.